The number of rotatable bonds is 7. The molecule has 3 N–H and O–H groups in total. The highest BCUT2D eigenvalue weighted by Gasteiger charge is 2.12. The zero-order valence-electron chi connectivity index (χ0n) is 14.6. The number of carbonyl (C=O) groups excluding carboxylic acids is 3. The number of benzene rings is 2. The lowest BCUT2D eigenvalue weighted by atomic mass is 10.1. The van der Waals surface area contributed by atoms with Crippen molar-refractivity contribution in [1.82, 2.24) is 16.0 Å². The SMILES string of the molecule is Cc1ccc(C(=O)NCCNC(=O)CNC(=O)c2ccccc2F)cc1F. The minimum Gasteiger partial charge on any atom is -0.353 e. The quantitative estimate of drug-likeness (QED) is 0.642. The van der Waals surface area contributed by atoms with Crippen LogP contribution in [0, 0.1) is 18.6 Å². The van der Waals surface area contributed by atoms with Crippen LogP contribution in [-0.2, 0) is 4.79 Å². The molecule has 0 saturated carbocycles. The van der Waals surface area contributed by atoms with Gasteiger partial charge in [-0.25, -0.2) is 8.78 Å². The van der Waals surface area contributed by atoms with Gasteiger partial charge in [0.15, 0.2) is 0 Å². The first kappa shape index (κ1) is 20.0. The Hall–Kier alpha value is -3.29. The van der Waals surface area contributed by atoms with E-state index in [1.54, 1.807) is 6.92 Å². The van der Waals surface area contributed by atoms with Gasteiger partial charge in [-0.2, -0.15) is 0 Å². The van der Waals surface area contributed by atoms with E-state index in [1.807, 2.05) is 0 Å². The number of carbonyl (C=O) groups is 3. The smallest absolute Gasteiger partial charge is 0.254 e. The second kappa shape index (κ2) is 9.42. The molecule has 0 saturated heterocycles. The molecule has 0 aliphatic heterocycles. The Morgan fingerprint density at radius 3 is 2.26 bits per heavy atom. The van der Waals surface area contributed by atoms with Crippen LogP contribution in [0.5, 0.6) is 0 Å². The predicted molar refractivity (Wildman–Crippen MR) is 95.2 cm³/mol. The third-order valence-electron chi connectivity index (χ3n) is 3.69. The molecule has 2 aromatic carbocycles. The van der Waals surface area contributed by atoms with Crippen molar-refractivity contribution in [2.75, 3.05) is 19.6 Å². The second-order valence-corrected chi connectivity index (χ2v) is 5.73. The summed E-state index contributed by atoms with van der Waals surface area (Å²) in [4.78, 5) is 35.3. The molecule has 142 valence electrons. The Kier molecular flexibility index (Phi) is 6.99. The first-order chi connectivity index (χ1) is 12.9. The Bertz CT molecular complexity index is 856. The molecule has 0 radical (unpaired) electrons. The molecule has 27 heavy (non-hydrogen) atoms. The van der Waals surface area contributed by atoms with Gasteiger partial charge in [0.2, 0.25) is 5.91 Å². The van der Waals surface area contributed by atoms with Gasteiger partial charge in [-0.05, 0) is 36.8 Å². The lowest BCUT2D eigenvalue weighted by Crippen LogP contribution is -2.40. The minimum atomic E-state index is -0.696. The van der Waals surface area contributed by atoms with Crippen LogP contribution in [0.15, 0.2) is 42.5 Å². The largest absolute Gasteiger partial charge is 0.353 e. The lowest BCUT2D eigenvalue weighted by Gasteiger charge is -2.09. The monoisotopic (exact) mass is 375 g/mol. The van der Waals surface area contributed by atoms with Crippen molar-refractivity contribution in [1.29, 1.82) is 0 Å². The number of hydrogen-bond acceptors (Lipinski definition) is 3. The van der Waals surface area contributed by atoms with Crippen LogP contribution >= 0.6 is 0 Å². The van der Waals surface area contributed by atoms with Crippen LogP contribution in [-0.4, -0.2) is 37.4 Å². The summed E-state index contributed by atoms with van der Waals surface area (Å²) in [6.07, 6.45) is 0. The summed E-state index contributed by atoms with van der Waals surface area (Å²) in [6, 6.07) is 9.58. The highest BCUT2D eigenvalue weighted by molar-refractivity contribution is 5.96. The predicted octanol–water partition coefficient (Wildman–Crippen LogP) is 1.55. The number of halogens is 2. The van der Waals surface area contributed by atoms with Crippen molar-refractivity contribution in [2.45, 2.75) is 6.92 Å². The zero-order valence-corrected chi connectivity index (χ0v) is 14.6. The molecule has 2 rings (SSSR count). The Morgan fingerprint density at radius 2 is 1.56 bits per heavy atom. The maximum Gasteiger partial charge on any atom is 0.254 e. The average molecular weight is 375 g/mol. The van der Waals surface area contributed by atoms with Crippen molar-refractivity contribution in [3.8, 4) is 0 Å². The van der Waals surface area contributed by atoms with E-state index in [-0.39, 0.29) is 30.8 Å². The van der Waals surface area contributed by atoms with Crippen LogP contribution in [0.1, 0.15) is 26.3 Å². The fourth-order valence-electron chi connectivity index (χ4n) is 2.18. The molecule has 0 atom stereocenters. The van der Waals surface area contributed by atoms with Gasteiger partial charge < -0.3 is 16.0 Å². The van der Waals surface area contributed by atoms with Gasteiger partial charge in [0.25, 0.3) is 11.8 Å². The van der Waals surface area contributed by atoms with Crippen LogP contribution in [0.4, 0.5) is 8.78 Å². The van der Waals surface area contributed by atoms with Crippen LogP contribution in [0.25, 0.3) is 0 Å². The van der Waals surface area contributed by atoms with Gasteiger partial charge in [0, 0.05) is 18.7 Å². The van der Waals surface area contributed by atoms with Crippen molar-refractivity contribution < 1.29 is 23.2 Å². The number of amides is 3. The average Bonchev–Trinajstić information content (AvgIpc) is 2.65. The number of hydrogen-bond donors (Lipinski definition) is 3. The van der Waals surface area contributed by atoms with Gasteiger partial charge in [0.1, 0.15) is 11.6 Å². The van der Waals surface area contributed by atoms with Crippen molar-refractivity contribution in [3.05, 3.63) is 70.8 Å². The molecule has 3 amide bonds. The standard InChI is InChI=1S/C19H19F2N3O3/c1-12-6-7-13(10-16(12)21)18(26)23-9-8-22-17(25)11-24-19(27)14-4-2-3-5-15(14)20/h2-7,10H,8-9,11H2,1H3,(H,22,25)(H,23,26)(H,24,27). The summed E-state index contributed by atoms with van der Waals surface area (Å²) in [5.74, 6) is -2.79. The Morgan fingerprint density at radius 1 is 0.852 bits per heavy atom. The van der Waals surface area contributed by atoms with Crippen LogP contribution in [0.2, 0.25) is 0 Å². The van der Waals surface area contributed by atoms with Gasteiger partial charge in [-0.3, -0.25) is 14.4 Å². The fraction of sp³-hybridized carbons (Fsp3) is 0.211. The highest BCUT2D eigenvalue weighted by atomic mass is 19.1. The molecular formula is C19H19F2N3O3. The minimum absolute atomic E-state index is 0.120. The normalized spacial score (nSPS) is 10.2. The summed E-state index contributed by atoms with van der Waals surface area (Å²) in [7, 11) is 0. The molecule has 6 nitrogen and oxygen atoms in total. The molecule has 2 aromatic rings. The molecular weight excluding hydrogens is 356 g/mol. The molecule has 0 unspecified atom stereocenters. The van der Waals surface area contributed by atoms with E-state index >= 15 is 0 Å². The molecule has 0 aliphatic carbocycles. The molecule has 8 heteroatoms. The summed E-state index contributed by atoms with van der Waals surface area (Å²) < 4.78 is 26.9. The van der Waals surface area contributed by atoms with E-state index in [1.165, 1.54) is 30.3 Å². The van der Waals surface area contributed by atoms with Crippen molar-refractivity contribution in [3.63, 3.8) is 0 Å². The van der Waals surface area contributed by atoms with Crippen molar-refractivity contribution in [2.24, 2.45) is 0 Å². The number of nitrogens with one attached hydrogen (secondary N) is 3. The van der Waals surface area contributed by atoms with E-state index in [2.05, 4.69) is 16.0 Å². The van der Waals surface area contributed by atoms with Crippen LogP contribution in [0.3, 0.4) is 0 Å². The first-order valence-corrected chi connectivity index (χ1v) is 8.22. The van der Waals surface area contributed by atoms with Crippen LogP contribution < -0.4 is 16.0 Å². The summed E-state index contributed by atoms with van der Waals surface area (Å²) in [6.45, 7) is 1.51. The third kappa shape index (κ3) is 5.88. The summed E-state index contributed by atoms with van der Waals surface area (Å²) >= 11 is 0. The Labute approximate surface area is 155 Å². The van der Waals surface area contributed by atoms with E-state index in [9.17, 15) is 23.2 Å². The second-order valence-electron chi connectivity index (χ2n) is 5.73. The zero-order chi connectivity index (χ0) is 19.8. The maximum atomic E-state index is 13.5. The third-order valence-corrected chi connectivity index (χ3v) is 3.69. The summed E-state index contributed by atoms with van der Waals surface area (Å²) in [5.41, 5.74) is 0.473. The molecule has 0 spiro atoms. The van der Waals surface area contributed by atoms with Gasteiger partial charge in [0.05, 0.1) is 12.1 Å². The molecule has 0 heterocycles. The summed E-state index contributed by atoms with van der Waals surface area (Å²) in [5, 5.41) is 7.34. The van der Waals surface area contributed by atoms with E-state index in [0.717, 1.165) is 12.1 Å². The molecule has 0 fully saturated rings. The lowest BCUT2D eigenvalue weighted by molar-refractivity contribution is -0.120. The first-order valence-electron chi connectivity index (χ1n) is 8.22. The highest BCUT2D eigenvalue weighted by Crippen LogP contribution is 2.09. The molecule has 0 aromatic heterocycles. The molecule has 0 aliphatic rings. The fourth-order valence-corrected chi connectivity index (χ4v) is 2.18. The van der Waals surface area contributed by atoms with Gasteiger partial charge in [-0.15, -0.1) is 0 Å². The van der Waals surface area contributed by atoms with E-state index < -0.39 is 29.4 Å². The van der Waals surface area contributed by atoms with Crippen molar-refractivity contribution >= 4 is 17.7 Å². The topological polar surface area (TPSA) is 87.3 Å². The van der Waals surface area contributed by atoms with E-state index in [4.69, 9.17) is 0 Å². The Balaban J connectivity index is 1.68. The van der Waals surface area contributed by atoms with Gasteiger partial charge >= 0.3 is 0 Å². The maximum absolute atomic E-state index is 13.5. The van der Waals surface area contributed by atoms with E-state index in [0.29, 0.717) is 5.56 Å². The molecule has 0 bridgehead atoms. The number of aryl methyl sites for hydroxylation is 1. The van der Waals surface area contributed by atoms with Gasteiger partial charge in [-0.1, -0.05) is 18.2 Å².